The van der Waals surface area contributed by atoms with Gasteiger partial charge in [-0.1, -0.05) is 29.8 Å². The fourth-order valence-electron chi connectivity index (χ4n) is 3.38. The highest BCUT2D eigenvalue weighted by Gasteiger charge is 2.37. The fourth-order valence-corrected chi connectivity index (χ4v) is 3.38. The van der Waals surface area contributed by atoms with E-state index in [1.807, 2.05) is 43.0 Å². The molecule has 1 saturated heterocycles. The Labute approximate surface area is 152 Å². The molecule has 138 valence electrons. The van der Waals surface area contributed by atoms with E-state index >= 15 is 0 Å². The Bertz CT molecular complexity index is 784. The van der Waals surface area contributed by atoms with E-state index in [9.17, 15) is 9.59 Å². The zero-order valence-corrected chi connectivity index (χ0v) is 15.4. The van der Waals surface area contributed by atoms with E-state index in [1.165, 1.54) is 0 Å². The van der Waals surface area contributed by atoms with Crippen LogP contribution < -0.4 is 0 Å². The smallest absolute Gasteiger partial charge is 0.360 e. The number of H-pyrrole nitrogens is 1. The second-order valence-electron chi connectivity index (χ2n) is 6.60. The zero-order valence-electron chi connectivity index (χ0n) is 15.4. The third-order valence-electron chi connectivity index (χ3n) is 4.84. The monoisotopic (exact) mass is 356 g/mol. The van der Waals surface area contributed by atoms with E-state index in [4.69, 9.17) is 4.74 Å². The Morgan fingerprint density at radius 2 is 2.04 bits per heavy atom. The van der Waals surface area contributed by atoms with Crippen molar-refractivity contribution in [2.45, 2.75) is 45.6 Å². The van der Waals surface area contributed by atoms with Crippen LogP contribution in [0.4, 0.5) is 0 Å². The highest BCUT2D eigenvalue weighted by atomic mass is 16.5. The first kappa shape index (κ1) is 18.1. The molecule has 1 aliphatic heterocycles. The lowest BCUT2D eigenvalue weighted by Crippen LogP contribution is -2.34. The number of aryl methyl sites for hydroxylation is 1. The standard InChI is InChI=1S/C19H24N4O3/c1-4-26-19(25)17-16(20-22-21-17)15-6-5-11-23(15)18(24)13(3)14-9-7-12(2)8-10-14/h7-10,13,15H,4-6,11H2,1-3H3,(H,20,21,22). The minimum atomic E-state index is -0.512. The summed E-state index contributed by atoms with van der Waals surface area (Å²) in [5.74, 6) is -0.731. The lowest BCUT2D eigenvalue weighted by atomic mass is 9.98. The molecule has 1 aromatic heterocycles. The number of benzene rings is 1. The molecule has 2 atom stereocenters. The zero-order chi connectivity index (χ0) is 18.7. The molecule has 26 heavy (non-hydrogen) atoms. The topological polar surface area (TPSA) is 88.2 Å². The number of hydrogen-bond donors (Lipinski definition) is 1. The molecule has 1 aliphatic rings. The summed E-state index contributed by atoms with van der Waals surface area (Å²) in [7, 11) is 0. The normalized spacial score (nSPS) is 18.0. The van der Waals surface area contributed by atoms with Crippen molar-refractivity contribution in [3.8, 4) is 0 Å². The molecule has 1 fully saturated rings. The minimum absolute atomic E-state index is 0.0363. The molecule has 2 unspecified atom stereocenters. The fraction of sp³-hybridized carbons (Fsp3) is 0.474. The summed E-state index contributed by atoms with van der Waals surface area (Å²) in [6.45, 7) is 6.59. The van der Waals surface area contributed by atoms with E-state index in [0.29, 0.717) is 12.2 Å². The van der Waals surface area contributed by atoms with Crippen molar-refractivity contribution < 1.29 is 14.3 Å². The van der Waals surface area contributed by atoms with Crippen LogP contribution in [0, 0.1) is 6.92 Å². The number of amides is 1. The van der Waals surface area contributed by atoms with Crippen LogP contribution in [0.25, 0.3) is 0 Å². The molecule has 1 amide bonds. The molecular weight excluding hydrogens is 332 g/mol. The van der Waals surface area contributed by atoms with E-state index in [1.54, 1.807) is 6.92 Å². The maximum atomic E-state index is 13.1. The molecule has 1 N–H and O–H groups in total. The number of esters is 1. The van der Waals surface area contributed by atoms with Crippen LogP contribution in [0.3, 0.4) is 0 Å². The second kappa shape index (κ2) is 7.68. The first-order valence-electron chi connectivity index (χ1n) is 8.97. The SMILES string of the molecule is CCOC(=O)c1n[nH]nc1C1CCCN1C(=O)C(C)c1ccc(C)cc1. The van der Waals surface area contributed by atoms with E-state index in [2.05, 4.69) is 15.4 Å². The van der Waals surface area contributed by atoms with Gasteiger partial charge in [-0.25, -0.2) is 4.79 Å². The van der Waals surface area contributed by atoms with Crippen molar-refractivity contribution >= 4 is 11.9 Å². The van der Waals surface area contributed by atoms with Crippen LogP contribution in [-0.2, 0) is 9.53 Å². The molecule has 7 heteroatoms. The Morgan fingerprint density at radius 1 is 1.31 bits per heavy atom. The number of rotatable bonds is 5. The molecule has 0 radical (unpaired) electrons. The number of nitrogens with one attached hydrogen (secondary N) is 1. The van der Waals surface area contributed by atoms with Gasteiger partial charge < -0.3 is 9.64 Å². The summed E-state index contributed by atoms with van der Waals surface area (Å²) in [6.07, 6.45) is 1.62. The molecule has 0 aliphatic carbocycles. The van der Waals surface area contributed by atoms with Crippen LogP contribution in [0.15, 0.2) is 24.3 Å². The van der Waals surface area contributed by atoms with Crippen molar-refractivity contribution in [2.24, 2.45) is 0 Å². The van der Waals surface area contributed by atoms with Crippen LogP contribution >= 0.6 is 0 Å². The Balaban J connectivity index is 1.82. The van der Waals surface area contributed by atoms with Gasteiger partial charge in [0.2, 0.25) is 5.91 Å². The van der Waals surface area contributed by atoms with E-state index < -0.39 is 5.97 Å². The molecule has 2 heterocycles. The predicted octanol–water partition coefficient (Wildman–Crippen LogP) is 2.76. The molecule has 1 aromatic carbocycles. The van der Waals surface area contributed by atoms with Crippen molar-refractivity contribution in [1.82, 2.24) is 20.3 Å². The number of carbonyl (C=O) groups excluding carboxylic acids is 2. The molecule has 3 rings (SSSR count). The van der Waals surface area contributed by atoms with Gasteiger partial charge >= 0.3 is 5.97 Å². The maximum absolute atomic E-state index is 13.1. The lowest BCUT2D eigenvalue weighted by Gasteiger charge is -2.27. The van der Waals surface area contributed by atoms with Crippen LogP contribution in [0.2, 0.25) is 0 Å². The van der Waals surface area contributed by atoms with Gasteiger partial charge in [0.1, 0.15) is 5.69 Å². The summed E-state index contributed by atoms with van der Waals surface area (Å²) < 4.78 is 5.05. The van der Waals surface area contributed by atoms with Gasteiger partial charge in [0.05, 0.1) is 18.6 Å². The largest absolute Gasteiger partial charge is 0.461 e. The van der Waals surface area contributed by atoms with E-state index in [0.717, 1.165) is 24.0 Å². The molecule has 7 nitrogen and oxygen atoms in total. The molecule has 0 bridgehead atoms. The van der Waals surface area contributed by atoms with Crippen LogP contribution in [0.1, 0.15) is 66.0 Å². The highest BCUT2D eigenvalue weighted by molar-refractivity contribution is 5.89. The van der Waals surface area contributed by atoms with Gasteiger partial charge in [0.25, 0.3) is 0 Å². The van der Waals surface area contributed by atoms with Gasteiger partial charge in [-0.3, -0.25) is 4.79 Å². The quantitative estimate of drug-likeness (QED) is 0.832. The third-order valence-corrected chi connectivity index (χ3v) is 4.84. The van der Waals surface area contributed by atoms with Crippen LogP contribution in [0.5, 0.6) is 0 Å². The maximum Gasteiger partial charge on any atom is 0.360 e. The Hall–Kier alpha value is -2.70. The second-order valence-corrected chi connectivity index (χ2v) is 6.60. The molecule has 2 aromatic rings. The number of hydrogen-bond acceptors (Lipinski definition) is 5. The summed E-state index contributed by atoms with van der Waals surface area (Å²) in [5, 5.41) is 10.6. The molecule has 0 saturated carbocycles. The van der Waals surface area contributed by atoms with Crippen molar-refractivity contribution in [3.63, 3.8) is 0 Å². The summed E-state index contributed by atoms with van der Waals surface area (Å²) >= 11 is 0. The van der Waals surface area contributed by atoms with Crippen LogP contribution in [-0.4, -0.2) is 45.3 Å². The third kappa shape index (κ3) is 3.47. The Kier molecular flexibility index (Phi) is 5.35. The first-order valence-corrected chi connectivity index (χ1v) is 8.97. The number of nitrogens with zero attached hydrogens (tertiary/aromatic N) is 3. The van der Waals surface area contributed by atoms with E-state index in [-0.39, 0.29) is 30.2 Å². The van der Waals surface area contributed by atoms with Gasteiger partial charge in [-0.15, -0.1) is 5.10 Å². The number of likely N-dealkylation sites (tertiary alicyclic amines) is 1. The number of aromatic amines is 1. The van der Waals surface area contributed by atoms with Crippen molar-refractivity contribution in [1.29, 1.82) is 0 Å². The summed E-state index contributed by atoms with van der Waals surface area (Å²) in [4.78, 5) is 27.0. The van der Waals surface area contributed by atoms with Gasteiger partial charge in [0, 0.05) is 6.54 Å². The highest BCUT2D eigenvalue weighted by Crippen LogP contribution is 2.35. The average molecular weight is 356 g/mol. The van der Waals surface area contributed by atoms with Gasteiger partial charge in [0.15, 0.2) is 5.69 Å². The molecule has 0 spiro atoms. The first-order chi connectivity index (χ1) is 12.5. The van der Waals surface area contributed by atoms with Crippen molar-refractivity contribution in [3.05, 3.63) is 46.8 Å². The number of aromatic nitrogens is 3. The van der Waals surface area contributed by atoms with Gasteiger partial charge in [-0.2, -0.15) is 10.3 Å². The minimum Gasteiger partial charge on any atom is -0.461 e. The predicted molar refractivity (Wildman–Crippen MR) is 95.6 cm³/mol. The number of ether oxygens (including phenoxy) is 1. The molecular formula is C19H24N4O3. The summed E-state index contributed by atoms with van der Waals surface area (Å²) in [5.41, 5.74) is 2.80. The lowest BCUT2D eigenvalue weighted by molar-refractivity contribution is -0.133. The van der Waals surface area contributed by atoms with Crippen molar-refractivity contribution in [2.75, 3.05) is 13.2 Å². The van der Waals surface area contributed by atoms with Gasteiger partial charge in [-0.05, 0) is 39.2 Å². The Morgan fingerprint density at radius 3 is 2.73 bits per heavy atom. The summed E-state index contributed by atoms with van der Waals surface area (Å²) in [6, 6.07) is 7.74. The number of carbonyl (C=O) groups is 2. The average Bonchev–Trinajstić information content (AvgIpc) is 3.30.